The van der Waals surface area contributed by atoms with E-state index in [2.05, 4.69) is 41.3 Å². The minimum atomic E-state index is 0.537. The molecule has 5 heteroatoms. The molecule has 0 aliphatic carbocycles. The van der Waals surface area contributed by atoms with Crippen molar-refractivity contribution in [2.75, 3.05) is 6.26 Å². The molecule has 0 unspecified atom stereocenters. The highest BCUT2D eigenvalue weighted by atomic mass is 35.5. The molecular weight excluding hydrogens is 308 g/mol. The van der Waals surface area contributed by atoms with Gasteiger partial charge < -0.3 is 0 Å². The molecular formula is C15H13ClN2S2. The van der Waals surface area contributed by atoms with Crippen molar-refractivity contribution in [3.63, 3.8) is 0 Å². The zero-order chi connectivity index (χ0) is 14.1. The number of hydrogen-bond donors (Lipinski definition) is 0. The second-order valence-corrected chi connectivity index (χ2v) is 6.70. The van der Waals surface area contributed by atoms with Crippen molar-refractivity contribution in [1.82, 2.24) is 9.97 Å². The van der Waals surface area contributed by atoms with Crippen LogP contribution in [0.15, 0.2) is 35.2 Å². The minimum Gasteiger partial charge on any atom is -0.217 e. The molecule has 2 heterocycles. The average Bonchev–Trinajstić information content (AvgIpc) is 2.91. The van der Waals surface area contributed by atoms with Crippen molar-refractivity contribution in [3.05, 3.63) is 40.4 Å². The van der Waals surface area contributed by atoms with Crippen molar-refractivity contribution >= 4 is 44.9 Å². The van der Waals surface area contributed by atoms with Crippen LogP contribution < -0.4 is 0 Å². The first-order valence-electron chi connectivity index (χ1n) is 6.31. The Labute approximate surface area is 131 Å². The molecule has 0 amide bonds. The first-order chi connectivity index (χ1) is 9.71. The van der Waals surface area contributed by atoms with Crippen LogP contribution in [-0.4, -0.2) is 16.2 Å². The van der Waals surface area contributed by atoms with E-state index >= 15 is 0 Å². The molecule has 102 valence electrons. The Morgan fingerprint density at radius 1 is 1.20 bits per heavy atom. The van der Waals surface area contributed by atoms with Crippen LogP contribution in [-0.2, 0) is 6.42 Å². The number of aryl methyl sites for hydroxylation is 1. The average molecular weight is 321 g/mol. The van der Waals surface area contributed by atoms with E-state index in [1.165, 1.54) is 9.77 Å². The Morgan fingerprint density at radius 2 is 1.95 bits per heavy atom. The van der Waals surface area contributed by atoms with Gasteiger partial charge in [-0.25, -0.2) is 9.97 Å². The first kappa shape index (κ1) is 13.9. The smallest absolute Gasteiger partial charge is 0.162 e. The van der Waals surface area contributed by atoms with Crippen LogP contribution in [0.4, 0.5) is 0 Å². The fourth-order valence-electron chi connectivity index (χ4n) is 1.98. The highest BCUT2D eigenvalue weighted by Gasteiger charge is 2.11. The lowest BCUT2D eigenvalue weighted by Crippen LogP contribution is -1.89. The third-order valence-electron chi connectivity index (χ3n) is 3.09. The second-order valence-electron chi connectivity index (χ2n) is 4.35. The summed E-state index contributed by atoms with van der Waals surface area (Å²) < 4.78 is 0. The maximum atomic E-state index is 6.29. The summed E-state index contributed by atoms with van der Waals surface area (Å²) in [7, 11) is 0. The Morgan fingerprint density at radius 3 is 2.60 bits per heavy atom. The number of thioether (sulfide) groups is 1. The highest BCUT2D eigenvalue weighted by Crippen LogP contribution is 2.31. The zero-order valence-electron chi connectivity index (χ0n) is 11.2. The maximum absolute atomic E-state index is 6.29. The number of fused-ring (bicyclic) bond motifs is 1. The number of aromatic nitrogens is 2. The van der Waals surface area contributed by atoms with E-state index in [-0.39, 0.29) is 0 Å². The quantitative estimate of drug-likeness (QED) is 0.484. The van der Waals surface area contributed by atoms with Gasteiger partial charge in [0.1, 0.15) is 9.98 Å². The van der Waals surface area contributed by atoms with Gasteiger partial charge in [-0.1, -0.05) is 30.7 Å². The predicted molar refractivity (Wildman–Crippen MR) is 89.0 cm³/mol. The van der Waals surface area contributed by atoms with Crippen LogP contribution in [0.3, 0.4) is 0 Å². The lowest BCUT2D eigenvalue weighted by Gasteiger charge is -2.02. The monoisotopic (exact) mass is 320 g/mol. The van der Waals surface area contributed by atoms with Gasteiger partial charge in [-0.05, 0) is 30.9 Å². The van der Waals surface area contributed by atoms with E-state index in [0.29, 0.717) is 11.0 Å². The van der Waals surface area contributed by atoms with E-state index in [1.807, 2.05) is 12.1 Å². The van der Waals surface area contributed by atoms with Crippen LogP contribution in [0.1, 0.15) is 11.8 Å². The van der Waals surface area contributed by atoms with E-state index in [9.17, 15) is 0 Å². The lowest BCUT2D eigenvalue weighted by molar-refractivity contribution is 1.19. The summed E-state index contributed by atoms with van der Waals surface area (Å²) in [5.41, 5.74) is 0.998. The number of nitrogens with zero attached hydrogens (tertiary/aromatic N) is 2. The summed E-state index contributed by atoms with van der Waals surface area (Å²) in [4.78, 5) is 12.5. The molecule has 0 aliphatic heterocycles. The Kier molecular flexibility index (Phi) is 3.96. The van der Waals surface area contributed by atoms with Crippen LogP contribution in [0.2, 0.25) is 5.15 Å². The van der Waals surface area contributed by atoms with Gasteiger partial charge in [0.05, 0.1) is 0 Å². The number of halogens is 1. The van der Waals surface area contributed by atoms with Crippen molar-refractivity contribution in [2.45, 2.75) is 18.2 Å². The number of thiophene rings is 1. The molecule has 2 nitrogen and oxygen atoms in total. The fourth-order valence-corrected chi connectivity index (χ4v) is 3.64. The summed E-state index contributed by atoms with van der Waals surface area (Å²) in [6, 6.07) is 10.3. The molecule has 0 spiro atoms. The molecule has 3 aromatic rings. The summed E-state index contributed by atoms with van der Waals surface area (Å²) in [5.74, 6) is 0.694. The van der Waals surface area contributed by atoms with E-state index in [4.69, 9.17) is 11.6 Å². The van der Waals surface area contributed by atoms with Gasteiger partial charge in [-0.15, -0.1) is 23.1 Å². The first-order valence-corrected chi connectivity index (χ1v) is 8.73. The number of hydrogen-bond acceptors (Lipinski definition) is 4. The number of benzene rings is 1. The van der Waals surface area contributed by atoms with Gasteiger partial charge >= 0.3 is 0 Å². The highest BCUT2D eigenvalue weighted by molar-refractivity contribution is 7.98. The molecule has 0 bridgehead atoms. The Bertz CT molecular complexity index is 750. The summed E-state index contributed by atoms with van der Waals surface area (Å²) in [6.07, 6.45) is 3.06. The molecule has 2 aromatic heterocycles. The summed E-state index contributed by atoms with van der Waals surface area (Å²) in [6.45, 7) is 2.13. The van der Waals surface area contributed by atoms with Gasteiger partial charge in [-0.3, -0.25) is 0 Å². The zero-order valence-corrected chi connectivity index (χ0v) is 13.6. The molecule has 20 heavy (non-hydrogen) atoms. The third-order valence-corrected chi connectivity index (χ3v) is 5.30. The second kappa shape index (κ2) is 5.72. The Hall–Kier alpha value is -1.10. The fraction of sp³-hybridized carbons (Fsp3) is 0.200. The normalized spacial score (nSPS) is 11.2. The van der Waals surface area contributed by atoms with Gasteiger partial charge in [0, 0.05) is 20.7 Å². The van der Waals surface area contributed by atoms with E-state index < -0.39 is 0 Å². The van der Waals surface area contributed by atoms with Crippen molar-refractivity contribution in [3.8, 4) is 11.4 Å². The molecule has 3 rings (SSSR count). The molecule has 0 N–H and O–H groups in total. The topological polar surface area (TPSA) is 25.8 Å². The SMILES string of the molecule is CCc1cc2c(Cl)nc(-c3ccc(SC)cc3)nc2s1. The van der Waals surface area contributed by atoms with Crippen LogP contribution in [0, 0.1) is 0 Å². The molecule has 0 fully saturated rings. The molecule has 1 aromatic carbocycles. The lowest BCUT2D eigenvalue weighted by atomic mass is 10.2. The van der Waals surface area contributed by atoms with Gasteiger partial charge in [0.15, 0.2) is 5.82 Å². The largest absolute Gasteiger partial charge is 0.217 e. The van der Waals surface area contributed by atoms with Crippen molar-refractivity contribution in [1.29, 1.82) is 0 Å². The molecule has 0 saturated heterocycles. The van der Waals surface area contributed by atoms with Crippen molar-refractivity contribution in [2.24, 2.45) is 0 Å². The Balaban J connectivity index is 2.10. The molecule has 0 radical (unpaired) electrons. The van der Waals surface area contributed by atoms with Crippen LogP contribution in [0.5, 0.6) is 0 Å². The minimum absolute atomic E-state index is 0.537. The maximum Gasteiger partial charge on any atom is 0.162 e. The molecule has 0 saturated carbocycles. The van der Waals surface area contributed by atoms with Gasteiger partial charge in [0.2, 0.25) is 0 Å². The van der Waals surface area contributed by atoms with E-state index in [1.54, 1.807) is 23.1 Å². The number of rotatable bonds is 3. The van der Waals surface area contributed by atoms with Crippen LogP contribution in [0.25, 0.3) is 21.6 Å². The summed E-state index contributed by atoms with van der Waals surface area (Å²) in [5, 5.41) is 1.49. The van der Waals surface area contributed by atoms with Gasteiger partial charge in [0.25, 0.3) is 0 Å². The summed E-state index contributed by atoms with van der Waals surface area (Å²) >= 11 is 9.70. The van der Waals surface area contributed by atoms with E-state index in [0.717, 1.165) is 22.2 Å². The third kappa shape index (κ3) is 2.55. The predicted octanol–water partition coefficient (Wildman–Crippen LogP) is 5.30. The molecule has 0 atom stereocenters. The standard InChI is InChI=1S/C15H13ClN2S2/c1-3-10-8-12-13(16)17-14(18-15(12)20-10)9-4-6-11(19-2)7-5-9/h4-8H,3H2,1-2H3. The molecule has 0 aliphatic rings. The van der Waals surface area contributed by atoms with Crippen molar-refractivity contribution < 1.29 is 0 Å². The van der Waals surface area contributed by atoms with Crippen LogP contribution >= 0.6 is 34.7 Å². The van der Waals surface area contributed by atoms with Gasteiger partial charge in [-0.2, -0.15) is 0 Å².